The minimum Gasteiger partial charge on any atom is -0.483 e. The van der Waals surface area contributed by atoms with Crippen molar-refractivity contribution in [3.8, 4) is 5.75 Å². The maximum Gasteiger partial charge on any atom is 0.258 e. The van der Waals surface area contributed by atoms with Crippen molar-refractivity contribution in [2.45, 2.75) is 19.9 Å². The van der Waals surface area contributed by atoms with Gasteiger partial charge >= 0.3 is 0 Å². The SMILES string of the molecule is CCc1ccccc1OCC(=O)NCc1nc2ccccc2[nH]1. The lowest BCUT2D eigenvalue weighted by molar-refractivity contribution is -0.123. The van der Waals surface area contributed by atoms with Crippen molar-refractivity contribution in [1.29, 1.82) is 0 Å². The molecule has 1 aromatic heterocycles. The quantitative estimate of drug-likeness (QED) is 0.736. The molecule has 2 aromatic carbocycles. The third kappa shape index (κ3) is 3.69. The van der Waals surface area contributed by atoms with Crippen molar-refractivity contribution in [2.75, 3.05) is 6.61 Å². The van der Waals surface area contributed by atoms with Crippen molar-refractivity contribution in [2.24, 2.45) is 0 Å². The van der Waals surface area contributed by atoms with Crippen LogP contribution in [0.15, 0.2) is 48.5 Å². The second-order valence-electron chi connectivity index (χ2n) is 5.23. The highest BCUT2D eigenvalue weighted by atomic mass is 16.5. The van der Waals surface area contributed by atoms with Gasteiger partial charge in [0.1, 0.15) is 11.6 Å². The number of benzene rings is 2. The fourth-order valence-corrected chi connectivity index (χ4v) is 2.40. The average Bonchev–Trinajstić information content (AvgIpc) is 3.01. The van der Waals surface area contributed by atoms with Gasteiger partial charge in [-0.15, -0.1) is 0 Å². The van der Waals surface area contributed by atoms with Gasteiger partial charge in [0.05, 0.1) is 17.6 Å². The molecule has 118 valence electrons. The van der Waals surface area contributed by atoms with Crippen LogP contribution in [0.1, 0.15) is 18.3 Å². The molecule has 0 unspecified atom stereocenters. The second-order valence-corrected chi connectivity index (χ2v) is 5.23. The number of nitrogens with one attached hydrogen (secondary N) is 2. The average molecular weight is 309 g/mol. The van der Waals surface area contributed by atoms with Crippen molar-refractivity contribution < 1.29 is 9.53 Å². The molecule has 0 spiro atoms. The molecule has 0 saturated heterocycles. The Balaban J connectivity index is 1.53. The molecule has 23 heavy (non-hydrogen) atoms. The Morgan fingerprint density at radius 3 is 2.78 bits per heavy atom. The molecular weight excluding hydrogens is 290 g/mol. The first-order valence-electron chi connectivity index (χ1n) is 7.67. The fourth-order valence-electron chi connectivity index (χ4n) is 2.40. The Morgan fingerprint density at radius 1 is 1.17 bits per heavy atom. The molecule has 5 nitrogen and oxygen atoms in total. The smallest absolute Gasteiger partial charge is 0.258 e. The molecule has 2 N–H and O–H groups in total. The minimum atomic E-state index is -0.170. The number of ether oxygens (including phenoxy) is 1. The van der Waals surface area contributed by atoms with Crippen LogP contribution in [-0.2, 0) is 17.8 Å². The summed E-state index contributed by atoms with van der Waals surface area (Å²) in [6.45, 7) is 2.41. The summed E-state index contributed by atoms with van der Waals surface area (Å²) in [5.41, 5.74) is 2.95. The molecule has 1 amide bonds. The Hall–Kier alpha value is -2.82. The van der Waals surface area contributed by atoms with Crippen LogP contribution in [0.25, 0.3) is 11.0 Å². The largest absolute Gasteiger partial charge is 0.483 e. The maximum atomic E-state index is 11.9. The number of hydrogen-bond acceptors (Lipinski definition) is 3. The first kappa shape index (κ1) is 15.1. The molecule has 0 aliphatic heterocycles. The summed E-state index contributed by atoms with van der Waals surface area (Å²) < 4.78 is 5.59. The maximum absolute atomic E-state index is 11.9. The molecule has 0 saturated carbocycles. The number of carbonyl (C=O) groups is 1. The van der Waals surface area contributed by atoms with E-state index < -0.39 is 0 Å². The number of imidazole rings is 1. The van der Waals surface area contributed by atoms with E-state index in [1.54, 1.807) is 0 Å². The molecule has 0 aliphatic rings. The van der Waals surface area contributed by atoms with Gasteiger partial charge in [-0.05, 0) is 30.2 Å². The van der Waals surface area contributed by atoms with E-state index in [2.05, 4.69) is 22.2 Å². The highest BCUT2D eigenvalue weighted by Crippen LogP contribution is 2.18. The highest BCUT2D eigenvalue weighted by Gasteiger charge is 2.07. The van der Waals surface area contributed by atoms with E-state index in [9.17, 15) is 4.79 Å². The zero-order valence-electron chi connectivity index (χ0n) is 13.0. The van der Waals surface area contributed by atoms with Crippen LogP contribution in [0, 0.1) is 0 Å². The Labute approximate surface area is 134 Å². The van der Waals surface area contributed by atoms with Crippen LogP contribution in [0.4, 0.5) is 0 Å². The van der Waals surface area contributed by atoms with Gasteiger partial charge in [-0.2, -0.15) is 0 Å². The van der Waals surface area contributed by atoms with E-state index >= 15 is 0 Å². The van der Waals surface area contributed by atoms with Crippen molar-refractivity contribution in [3.05, 3.63) is 59.9 Å². The van der Waals surface area contributed by atoms with Crippen LogP contribution < -0.4 is 10.1 Å². The number of aromatic amines is 1. The number of hydrogen-bond donors (Lipinski definition) is 2. The lowest BCUT2D eigenvalue weighted by Crippen LogP contribution is -2.28. The van der Waals surface area contributed by atoms with E-state index in [-0.39, 0.29) is 12.5 Å². The first-order chi connectivity index (χ1) is 11.3. The number of aromatic nitrogens is 2. The van der Waals surface area contributed by atoms with Crippen LogP contribution in [0.3, 0.4) is 0 Å². The molecule has 0 aliphatic carbocycles. The van der Waals surface area contributed by atoms with Gasteiger partial charge in [0.15, 0.2) is 6.61 Å². The number of carbonyl (C=O) groups excluding carboxylic acids is 1. The molecule has 0 radical (unpaired) electrons. The number of fused-ring (bicyclic) bond motifs is 1. The zero-order chi connectivity index (χ0) is 16.1. The summed E-state index contributed by atoms with van der Waals surface area (Å²) in [7, 11) is 0. The van der Waals surface area contributed by atoms with E-state index in [0.717, 1.165) is 34.6 Å². The summed E-state index contributed by atoms with van der Waals surface area (Å²) in [6.07, 6.45) is 0.872. The monoisotopic (exact) mass is 309 g/mol. The summed E-state index contributed by atoms with van der Waals surface area (Å²) in [5, 5.41) is 2.81. The molecule has 3 aromatic rings. The van der Waals surface area contributed by atoms with E-state index in [1.165, 1.54) is 0 Å². The van der Waals surface area contributed by atoms with E-state index in [4.69, 9.17) is 4.74 Å². The van der Waals surface area contributed by atoms with Crippen molar-refractivity contribution >= 4 is 16.9 Å². The van der Waals surface area contributed by atoms with Gasteiger partial charge in [0.2, 0.25) is 0 Å². The number of para-hydroxylation sites is 3. The zero-order valence-corrected chi connectivity index (χ0v) is 13.0. The molecular formula is C18H19N3O2. The summed E-state index contributed by atoms with van der Waals surface area (Å²) in [4.78, 5) is 19.5. The van der Waals surface area contributed by atoms with Crippen molar-refractivity contribution in [1.82, 2.24) is 15.3 Å². The van der Waals surface area contributed by atoms with E-state index in [1.807, 2.05) is 48.5 Å². The van der Waals surface area contributed by atoms with Crippen LogP contribution in [0.2, 0.25) is 0 Å². The van der Waals surface area contributed by atoms with Gasteiger partial charge in [0, 0.05) is 0 Å². The van der Waals surface area contributed by atoms with Gasteiger partial charge in [-0.3, -0.25) is 4.79 Å². The van der Waals surface area contributed by atoms with Crippen molar-refractivity contribution in [3.63, 3.8) is 0 Å². The minimum absolute atomic E-state index is 0.00274. The lowest BCUT2D eigenvalue weighted by Gasteiger charge is -2.10. The van der Waals surface area contributed by atoms with Crippen LogP contribution in [-0.4, -0.2) is 22.5 Å². The summed E-state index contributed by atoms with van der Waals surface area (Å²) >= 11 is 0. The summed E-state index contributed by atoms with van der Waals surface area (Å²) in [5.74, 6) is 1.32. The van der Waals surface area contributed by atoms with E-state index in [0.29, 0.717) is 6.54 Å². The van der Waals surface area contributed by atoms with Crippen LogP contribution >= 0.6 is 0 Å². The Bertz CT molecular complexity index is 778. The number of amides is 1. The summed E-state index contributed by atoms with van der Waals surface area (Å²) in [6, 6.07) is 15.5. The molecule has 0 fully saturated rings. The predicted molar refractivity (Wildman–Crippen MR) is 89.3 cm³/mol. The lowest BCUT2D eigenvalue weighted by atomic mass is 10.1. The first-order valence-corrected chi connectivity index (χ1v) is 7.67. The normalized spacial score (nSPS) is 10.7. The molecule has 0 atom stereocenters. The topological polar surface area (TPSA) is 67.0 Å². The predicted octanol–water partition coefficient (Wildman–Crippen LogP) is 2.82. The number of H-pyrrole nitrogens is 1. The third-order valence-electron chi connectivity index (χ3n) is 3.60. The number of rotatable bonds is 6. The number of aryl methyl sites for hydroxylation is 1. The second kappa shape index (κ2) is 6.96. The third-order valence-corrected chi connectivity index (χ3v) is 3.60. The Morgan fingerprint density at radius 2 is 1.96 bits per heavy atom. The van der Waals surface area contributed by atoms with Gasteiger partial charge < -0.3 is 15.0 Å². The Kier molecular flexibility index (Phi) is 4.57. The van der Waals surface area contributed by atoms with Gasteiger partial charge in [0.25, 0.3) is 5.91 Å². The standard InChI is InChI=1S/C18H19N3O2/c1-2-13-7-3-6-10-16(13)23-12-18(22)19-11-17-20-14-8-4-5-9-15(14)21-17/h3-10H,2,11-12H2,1H3,(H,19,22)(H,20,21). The van der Waals surface area contributed by atoms with Gasteiger partial charge in [-0.25, -0.2) is 4.98 Å². The van der Waals surface area contributed by atoms with Gasteiger partial charge in [-0.1, -0.05) is 37.3 Å². The molecule has 0 bridgehead atoms. The molecule has 3 rings (SSSR count). The highest BCUT2D eigenvalue weighted by molar-refractivity contribution is 5.78. The fraction of sp³-hybridized carbons (Fsp3) is 0.222. The molecule has 5 heteroatoms. The molecule has 1 heterocycles. The number of nitrogens with zero attached hydrogens (tertiary/aromatic N) is 1. The van der Waals surface area contributed by atoms with Crippen LogP contribution in [0.5, 0.6) is 5.75 Å².